The number of amides is 1. The van der Waals surface area contributed by atoms with Crippen molar-refractivity contribution < 1.29 is 21.6 Å². The summed E-state index contributed by atoms with van der Waals surface area (Å²) in [6.07, 6.45) is 4.51. The summed E-state index contributed by atoms with van der Waals surface area (Å²) < 4.78 is 58.5. The third kappa shape index (κ3) is 4.05. The summed E-state index contributed by atoms with van der Waals surface area (Å²) in [4.78, 5) is 21.0. The highest BCUT2D eigenvalue weighted by molar-refractivity contribution is 9.10. The van der Waals surface area contributed by atoms with Crippen LogP contribution in [0.4, 0.5) is 0 Å². The van der Waals surface area contributed by atoms with Gasteiger partial charge in [-0.2, -0.15) is 4.31 Å². The lowest BCUT2D eigenvalue weighted by atomic mass is 10.1. The summed E-state index contributed by atoms with van der Waals surface area (Å²) in [5.74, 6) is 0.195. The highest BCUT2D eigenvalue weighted by Crippen LogP contribution is 2.42. The third-order valence-electron chi connectivity index (χ3n) is 7.06. The van der Waals surface area contributed by atoms with Crippen molar-refractivity contribution in [1.29, 1.82) is 0 Å². The molecule has 0 unspecified atom stereocenters. The average Bonchev–Trinajstić information content (AvgIpc) is 3.37. The molecule has 14 heteroatoms. The van der Waals surface area contributed by atoms with E-state index in [4.69, 9.17) is 0 Å². The van der Waals surface area contributed by atoms with E-state index in [9.17, 15) is 21.6 Å². The molecule has 2 fully saturated rings. The number of aryl methyl sites for hydroxylation is 1. The van der Waals surface area contributed by atoms with Crippen LogP contribution in [-0.4, -0.2) is 63.2 Å². The van der Waals surface area contributed by atoms with Crippen molar-refractivity contribution in [2.75, 3.05) is 6.54 Å². The van der Waals surface area contributed by atoms with Gasteiger partial charge in [-0.05, 0) is 60.3 Å². The Morgan fingerprint density at radius 3 is 2.45 bits per heavy atom. The van der Waals surface area contributed by atoms with Crippen molar-refractivity contribution in [2.45, 2.75) is 55.3 Å². The molecule has 4 aromatic rings. The van der Waals surface area contributed by atoms with Crippen LogP contribution in [0.25, 0.3) is 16.7 Å². The molecule has 1 N–H and O–H groups in total. The van der Waals surface area contributed by atoms with Gasteiger partial charge in [-0.15, -0.1) is 0 Å². The second kappa shape index (κ2) is 8.86. The Balaban J connectivity index is 1.52. The molecule has 11 nitrogen and oxygen atoms in total. The molecule has 1 saturated heterocycles. The number of fused-ring (bicyclic) bond motifs is 3. The number of sulfonamides is 1. The molecule has 0 bridgehead atoms. The molecule has 4 heterocycles. The van der Waals surface area contributed by atoms with Crippen LogP contribution in [0.5, 0.6) is 0 Å². The first-order valence-electron chi connectivity index (χ1n) is 12.1. The molecule has 6 rings (SSSR count). The maximum atomic E-state index is 13.5. The van der Waals surface area contributed by atoms with Gasteiger partial charge in [0, 0.05) is 25.7 Å². The standard InChI is InChI=1S/C24H25BrN6O5S2/c1-14-3-5-17(6-4-14)37(33,34)29-10-9-19-23(29)26-12-21-22(25)28-24(31(19)21)20-11-16(27-15(2)32)13-30(20)38(35,36)18-7-8-18/h3-6,9-10,12,16,18,20H,7-8,11,13H2,1-2H3,(H,27,32)/t16-,20-/m1/s1. The summed E-state index contributed by atoms with van der Waals surface area (Å²) in [6.45, 7) is 3.43. The predicted molar refractivity (Wildman–Crippen MR) is 144 cm³/mol. The van der Waals surface area contributed by atoms with Gasteiger partial charge >= 0.3 is 0 Å². The van der Waals surface area contributed by atoms with Crippen molar-refractivity contribution in [1.82, 2.24) is 28.0 Å². The van der Waals surface area contributed by atoms with Gasteiger partial charge in [-0.1, -0.05) is 17.7 Å². The first kappa shape index (κ1) is 25.5. The molecule has 2 atom stereocenters. The Kier molecular flexibility index (Phi) is 5.94. The summed E-state index contributed by atoms with van der Waals surface area (Å²) in [6, 6.07) is 7.18. The number of hydrogen-bond donors (Lipinski definition) is 1. The number of carbonyl (C=O) groups excluding carboxylic acids is 1. The van der Waals surface area contributed by atoms with E-state index in [0.29, 0.717) is 40.7 Å². The summed E-state index contributed by atoms with van der Waals surface area (Å²) in [5.41, 5.74) is 2.17. The van der Waals surface area contributed by atoms with E-state index in [2.05, 4.69) is 31.2 Å². The summed E-state index contributed by atoms with van der Waals surface area (Å²) in [7, 11) is -7.54. The molecule has 38 heavy (non-hydrogen) atoms. The molecular weight excluding hydrogens is 596 g/mol. The minimum atomic E-state index is -3.94. The van der Waals surface area contributed by atoms with Gasteiger partial charge in [0.1, 0.15) is 10.4 Å². The van der Waals surface area contributed by atoms with Crippen molar-refractivity contribution in [3.05, 3.63) is 58.7 Å². The molecule has 200 valence electrons. The number of imidazole rings is 1. The van der Waals surface area contributed by atoms with Crippen molar-refractivity contribution in [3.8, 4) is 0 Å². The van der Waals surface area contributed by atoms with Crippen molar-refractivity contribution >= 4 is 58.6 Å². The lowest BCUT2D eigenvalue weighted by Gasteiger charge is -2.23. The minimum absolute atomic E-state index is 0.130. The fraction of sp³-hybridized carbons (Fsp3) is 0.375. The number of carbonyl (C=O) groups is 1. The minimum Gasteiger partial charge on any atom is -0.352 e. The fourth-order valence-corrected chi connectivity index (χ4v) is 8.91. The van der Waals surface area contributed by atoms with E-state index in [0.717, 1.165) is 9.54 Å². The molecule has 0 radical (unpaired) electrons. The first-order valence-corrected chi connectivity index (χ1v) is 15.9. The van der Waals surface area contributed by atoms with Crippen LogP contribution in [0.2, 0.25) is 0 Å². The van der Waals surface area contributed by atoms with E-state index in [-0.39, 0.29) is 29.0 Å². The topological polar surface area (TPSA) is 136 Å². The summed E-state index contributed by atoms with van der Waals surface area (Å²) in [5, 5.41) is 2.42. The Bertz CT molecular complexity index is 1810. The zero-order valence-corrected chi connectivity index (χ0v) is 23.8. The quantitative estimate of drug-likeness (QED) is 0.350. The van der Waals surface area contributed by atoms with Crippen molar-refractivity contribution in [2.24, 2.45) is 0 Å². The summed E-state index contributed by atoms with van der Waals surface area (Å²) >= 11 is 3.47. The molecule has 1 aliphatic heterocycles. The Labute approximate surface area is 228 Å². The molecule has 1 saturated carbocycles. The second-order valence-electron chi connectivity index (χ2n) is 9.84. The van der Waals surface area contributed by atoms with E-state index >= 15 is 0 Å². The second-order valence-corrected chi connectivity index (χ2v) is 14.6. The molecule has 1 aromatic carbocycles. The van der Waals surface area contributed by atoms with E-state index in [1.807, 2.05) is 6.92 Å². The van der Waals surface area contributed by atoms with Crippen LogP contribution in [0.15, 0.2) is 52.2 Å². The lowest BCUT2D eigenvalue weighted by Crippen LogP contribution is -2.39. The number of halogens is 1. The van der Waals surface area contributed by atoms with Gasteiger partial charge in [0.15, 0.2) is 5.65 Å². The van der Waals surface area contributed by atoms with Crippen LogP contribution in [0, 0.1) is 6.92 Å². The van der Waals surface area contributed by atoms with Crippen LogP contribution in [-0.2, 0) is 24.8 Å². The molecular formula is C24H25BrN6O5S2. The highest BCUT2D eigenvalue weighted by atomic mass is 79.9. The van der Waals surface area contributed by atoms with Crippen LogP contribution < -0.4 is 5.32 Å². The Morgan fingerprint density at radius 1 is 1.08 bits per heavy atom. The average molecular weight is 622 g/mol. The maximum Gasteiger partial charge on any atom is 0.269 e. The highest BCUT2D eigenvalue weighted by Gasteiger charge is 2.49. The van der Waals surface area contributed by atoms with E-state index in [1.54, 1.807) is 34.7 Å². The monoisotopic (exact) mass is 620 g/mol. The number of nitrogens with one attached hydrogen (secondary N) is 1. The normalized spacial score (nSPS) is 20.9. The van der Waals surface area contributed by atoms with E-state index in [1.165, 1.54) is 23.6 Å². The fourth-order valence-electron chi connectivity index (χ4n) is 5.12. The number of nitrogens with zero attached hydrogens (tertiary/aromatic N) is 5. The molecule has 1 amide bonds. The number of rotatable bonds is 6. The van der Waals surface area contributed by atoms with Crippen molar-refractivity contribution in [3.63, 3.8) is 0 Å². The Hall–Kier alpha value is -2.81. The zero-order chi connectivity index (χ0) is 27.0. The lowest BCUT2D eigenvalue weighted by molar-refractivity contribution is -0.119. The van der Waals surface area contributed by atoms with Crippen LogP contribution in [0.3, 0.4) is 0 Å². The predicted octanol–water partition coefficient (Wildman–Crippen LogP) is 2.74. The number of hydrogen-bond acceptors (Lipinski definition) is 7. The molecule has 3 aromatic heterocycles. The van der Waals surface area contributed by atoms with Gasteiger partial charge < -0.3 is 5.32 Å². The SMILES string of the molecule is CC(=O)N[C@@H]1C[C@H](c2nc(Br)c3cnc4c(ccn4S(=O)(=O)c4ccc(C)cc4)n23)N(S(=O)(=O)C2CC2)C1. The zero-order valence-electron chi connectivity index (χ0n) is 20.6. The molecule has 1 aliphatic carbocycles. The smallest absolute Gasteiger partial charge is 0.269 e. The van der Waals surface area contributed by atoms with Gasteiger partial charge in [0.25, 0.3) is 10.0 Å². The van der Waals surface area contributed by atoms with E-state index < -0.39 is 31.3 Å². The molecule has 0 spiro atoms. The number of aromatic nitrogens is 4. The number of benzene rings is 1. The Morgan fingerprint density at radius 2 is 1.79 bits per heavy atom. The van der Waals surface area contributed by atoms with Gasteiger partial charge in [-0.3, -0.25) is 9.20 Å². The first-order chi connectivity index (χ1) is 18.0. The van der Waals surface area contributed by atoms with Crippen LogP contribution in [0.1, 0.15) is 43.6 Å². The van der Waals surface area contributed by atoms with Gasteiger partial charge in [0.05, 0.1) is 33.4 Å². The largest absolute Gasteiger partial charge is 0.352 e. The van der Waals surface area contributed by atoms with Crippen LogP contribution >= 0.6 is 15.9 Å². The van der Waals surface area contributed by atoms with Gasteiger partial charge in [-0.25, -0.2) is 30.8 Å². The maximum absolute atomic E-state index is 13.5. The van der Waals surface area contributed by atoms with Gasteiger partial charge in [0.2, 0.25) is 15.9 Å². The third-order valence-corrected chi connectivity index (χ3v) is 11.7. The molecule has 2 aliphatic rings.